The summed E-state index contributed by atoms with van der Waals surface area (Å²) in [5.74, 6) is -0.00357. The predicted octanol–water partition coefficient (Wildman–Crippen LogP) is 1.34. The van der Waals surface area contributed by atoms with Gasteiger partial charge in [-0.1, -0.05) is 0 Å². The van der Waals surface area contributed by atoms with Crippen LogP contribution in [-0.4, -0.2) is 27.2 Å². The van der Waals surface area contributed by atoms with Gasteiger partial charge in [0.05, 0.1) is 17.6 Å². The average Bonchev–Trinajstić information content (AvgIpc) is 2.65. The summed E-state index contributed by atoms with van der Waals surface area (Å²) in [6.45, 7) is 2.55. The highest BCUT2D eigenvalue weighted by Gasteiger charge is 2.08. The molecule has 0 aliphatic rings. The monoisotopic (exact) mass is 261 g/mol. The number of carbonyl (C=O) groups excluding carboxylic acids is 1. The third-order valence-electron chi connectivity index (χ3n) is 3.00. The zero-order valence-electron chi connectivity index (χ0n) is 11.3. The predicted molar refractivity (Wildman–Crippen MR) is 74.8 cm³/mol. The number of unbranched alkanes of at least 4 members (excludes halogenated alkanes) is 1. The first kappa shape index (κ1) is 13.5. The minimum absolute atomic E-state index is 0.00357. The molecule has 0 atom stereocenters. The lowest BCUT2D eigenvalue weighted by molar-refractivity contribution is -0.116. The maximum Gasteiger partial charge on any atom is 0.224 e. The van der Waals surface area contributed by atoms with E-state index in [1.54, 1.807) is 10.9 Å². The van der Waals surface area contributed by atoms with Gasteiger partial charge in [0, 0.05) is 18.9 Å². The number of fused-ring (bicyclic) bond motifs is 1. The normalized spacial score (nSPS) is 10.9. The zero-order valence-corrected chi connectivity index (χ0v) is 11.3. The van der Waals surface area contributed by atoms with Gasteiger partial charge in [0.15, 0.2) is 5.65 Å². The van der Waals surface area contributed by atoms with Crippen LogP contribution in [0.15, 0.2) is 12.3 Å². The molecule has 6 heteroatoms. The van der Waals surface area contributed by atoms with Crippen LogP contribution >= 0.6 is 0 Å². The van der Waals surface area contributed by atoms with Gasteiger partial charge >= 0.3 is 0 Å². The van der Waals surface area contributed by atoms with Crippen molar-refractivity contribution in [2.24, 2.45) is 12.8 Å². The number of anilines is 1. The molecule has 0 aromatic carbocycles. The summed E-state index contributed by atoms with van der Waals surface area (Å²) in [5, 5.41) is 8.11. The van der Waals surface area contributed by atoms with Gasteiger partial charge < -0.3 is 11.1 Å². The topological polar surface area (TPSA) is 85.8 Å². The minimum Gasteiger partial charge on any atom is -0.330 e. The second-order valence-corrected chi connectivity index (χ2v) is 4.60. The van der Waals surface area contributed by atoms with Gasteiger partial charge in [-0.2, -0.15) is 5.10 Å². The van der Waals surface area contributed by atoms with Gasteiger partial charge in [0.2, 0.25) is 5.91 Å². The third kappa shape index (κ3) is 3.08. The standard InChI is InChI=1S/C13H19N5O/c1-9-11-7-10(8-15-13(11)18(2)17-9)16-12(19)5-3-4-6-14/h7-8H,3-6,14H2,1-2H3,(H,16,19). The number of pyridine rings is 1. The summed E-state index contributed by atoms with van der Waals surface area (Å²) in [5.41, 5.74) is 7.83. The Kier molecular flexibility index (Phi) is 4.11. The van der Waals surface area contributed by atoms with Crippen molar-refractivity contribution in [2.75, 3.05) is 11.9 Å². The van der Waals surface area contributed by atoms with Crippen LogP contribution in [-0.2, 0) is 11.8 Å². The molecule has 2 rings (SSSR count). The van der Waals surface area contributed by atoms with E-state index in [4.69, 9.17) is 5.73 Å². The van der Waals surface area contributed by atoms with Gasteiger partial charge in [-0.25, -0.2) is 4.98 Å². The quantitative estimate of drug-likeness (QED) is 0.795. The molecule has 0 saturated carbocycles. The highest BCUT2D eigenvalue weighted by molar-refractivity contribution is 5.93. The number of rotatable bonds is 5. The first-order chi connectivity index (χ1) is 9.11. The largest absolute Gasteiger partial charge is 0.330 e. The Morgan fingerprint density at radius 1 is 1.47 bits per heavy atom. The van der Waals surface area contributed by atoms with E-state index < -0.39 is 0 Å². The molecule has 0 aliphatic heterocycles. The maximum atomic E-state index is 11.7. The molecule has 0 saturated heterocycles. The molecule has 6 nitrogen and oxygen atoms in total. The van der Waals surface area contributed by atoms with Gasteiger partial charge in [-0.05, 0) is 32.4 Å². The highest BCUT2D eigenvalue weighted by atomic mass is 16.1. The Bertz CT molecular complexity index is 590. The molecular weight excluding hydrogens is 242 g/mol. The SMILES string of the molecule is Cc1nn(C)c2ncc(NC(=O)CCCCN)cc12. The Hall–Kier alpha value is -1.95. The van der Waals surface area contributed by atoms with E-state index in [0.717, 1.165) is 29.6 Å². The number of nitrogens with two attached hydrogens (primary N) is 1. The molecule has 0 bridgehead atoms. The van der Waals surface area contributed by atoms with Crippen molar-refractivity contribution in [1.82, 2.24) is 14.8 Å². The van der Waals surface area contributed by atoms with Crippen LogP contribution < -0.4 is 11.1 Å². The molecule has 102 valence electrons. The maximum absolute atomic E-state index is 11.7. The smallest absolute Gasteiger partial charge is 0.224 e. The number of hydrogen-bond donors (Lipinski definition) is 2. The molecule has 0 aliphatic carbocycles. The van der Waals surface area contributed by atoms with E-state index in [-0.39, 0.29) is 5.91 Å². The molecule has 3 N–H and O–H groups in total. The fourth-order valence-corrected chi connectivity index (χ4v) is 2.03. The summed E-state index contributed by atoms with van der Waals surface area (Å²) >= 11 is 0. The summed E-state index contributed by atoms with van der Waals surface area (Å²) in [6.07, 6.45) is 3.82. The number of nitrogens with zero attached hydrogens (tertiary/aromatic N) is 3. The molecule has 2 heterocycles. The highest BCUT2D eigenvalue weighted by Crippen LogP contribution is 2.19. The van der Waals surface area contributed by atoms with Gasteiger partial charge in [-0.3, -0.25) is 9.48 Å². The Balaban J connectivity index is 2.09. The molecule has 2 aromatic heterocycles. The first-order valence-electron chi connectivity index (χ1n) is 6.41. The van der Waals surface area contributed by atoms with Crippen LogP contribution in [0.25, 0.3) is 11.0 Å². The van der Waals surface area contributed by atoms with Crippen LogP contribution in [0.5, 0.6) is 0 Å². The Morgan fingerprint density at radius 2 is 2.26 bits per heavy atom. The van der Waals surface area contributed by atoms with Crippen molar-refractivity contribution < 1.29 is 4.79 Å². The van der Waals surface area contributed by atoms with E-state index in [2.05, 4.69) is 15.4 Å². The van der Waals surface area contributed by atoms with Crippen molar-refractivity contribution in [2.45, 2.75) is 26.2 Å². The van der Waals surface area contributed by atoms with Crippen molar-refractivity contribution in [3.05, 3.63) is 18.0 Å². The van der Waals surface area contributed by atoms with Gasteiger partial charge in [-0.15, -0.1) is 0 Å². The molecule has 1 amide bonds. The summed E-state index contributed by atoms with van der Waals surface area (Å²) in [6, 6.07) is 1.91. The molecule has 0 fully saturated rings. The number of aromatic nitrogens is 3. The van der Waals surface area contributed by atoms with Crippen molar-refractivity contribution in [1.29, 1.82) is 0 Å². The lowest BCUT2D eigenvalue weighted by Gasteiger charge is -2.04. The number of amides is 1. The van der Waals surface area contributed by atoms with E-state index in [1.807, 2.05) is 20.0 Å². The summed E-state index contributed by atoms with van der Waals surface area (Å²) < 4.78 is 1.73. The van der Waals surface area contributed by atoms with Gasteiger partial charge in [0.25, 0.3) is 0 Å². The number of carbonyl (C=O) groups is 1. The van der Waals surface area contributed by atoms with E-state index in [1.165, 1.54) is 0 Å². The Morgan fingerprint density at radius 3 is 3.00 bits per heavy atom. The Labute approximate surface area is 112 Å². The number of nitrogens with one attached hydrogen (secondary N) is 1. The number of hydrogen-bond acceptors (Lipinski definition) is 4. The fourth-order valence-electron chi connectivity index (χ4n) is 2.03. The van der Waals surface area contributed by atoms with Crippen LogP contribution in [0.4, 0.5) is 5.69 Å². The summed E-state index contributed by atoms with van der Waals surface area (Å²) in [7, 11) is 1.85. The van der Waals surface area contributed by atoms with Crippen molar-refractivity contribution in [3.8, 4) is 0 Å². The molecule has 0 unspecified atom stereocenters. The fraction of sp³-hybridized carbons (Fsp3) is 0.462. The van der Waals surface area contributed by atoms with E-state index >= 15 is 0 Å². The molecule has 0 radical (unpaired) electrons. The second kappa shape index (κ2) is 5.79. The molecular formula is C13H19N5O. The number of aryl methyl sites for hydroxylation is 2. The van der Waals surface area contributed by atoms with Crippen LogP contribution in [0.3, 0.4) is 0 Å². The van der Waals surface area contributed by atoms with Gasteiger partial charge in [0.1, 0.15) is 0 Å². The lowest BCUT2D eigenvalue weighted by atomic mass is 10.2. The minimum atomic E-state index is -0.00357. The van der Waals surface area contributed by atoms with Crippen molar-refractivity contribution >= 4 is 22.6 Å². The average molecular weight is 261 g/mol. The molecule has 19 heavy (non-hydrogen) atoms. The van der Waals surface area contributed by atoms with Crippen LogP contribution in [0, 0.1) is 6.92 Å². The second-order valence-electron chi connectivity index (χ2n) is 4.60. The van der Waals surface area contributed by atoms with Crippen molar-refractivity contribution in [3.63, 3.8) is 0 Å². The first-order valence-corrected chi connectivity index (χ1v) is 6.41. The van der Waals surface area contributed by atoms with E-state index in [9.17, 15) is 4.79 Å². The van der Waals surface area contributed by atoms with Crippen LogP contribution in [0.2, 0.25) is 0 Å². The third-order valence-corrected chi connectivity index (χ3v) is 3.00. The molecule has 2 aromatic rings. The zero-order chi connectivity index (χ0) is 13.8. The van der Waals surface area contributed by atoms with Crippen LogP contribution in [0.1, 0.15) is 25.0 Å². The van der Waals surface area contributed by atoms with E-state index in [0.29, 0.717) is 18.7 Å². The molecule has 0 spiro atoms. The lowest BCUT2D eigenvalue weighted by Crippen LogP contribution is -2.12. The summed E-state index contributed by atoms with van der Waals surface area (Å²) in [4.78, 5) is 16.0.